The monoisotopic (exact) mass is 534 g/mol. The van der Waals surface area contributed by atoms with E-state index in [0.29, 0.717) is 36.6 Å². The number of nitrogens with one attached hydrogen (secondary N) is 1. The van der Waals surface area contributed by atoms with Crippen molar-refractivity contribution < 1.29 is 27.9 Å². The standard InChI is InChI=1S/C26H36F2N6O4/c1-16(2)15-21-23-29-18(4)31-34(23)14-13-33(12-6-7-22(35)32(5)17(3)24(36)30-21)25(37)19-8-10-20(11-9-19)38-26(27)28/h8-11,16-17,21,26H,6-7,12-15H2,1-5H3,(H,30,36)/t17-,21+/m0/s1. The number of aromatic nitrogens is 3. The third-order valence-corrected chi connectivity index (χ3v) is 6.51. The van der Waals surface area contributed by atoms with Gasteiger partial charge in [0, 0.05) is 32.1 Å². The molecule has 2 heterocycles. The number of benzene rings is 1. The van der Waals surface area contributed by atoms with E-state index in [9.17, 15) is 23.2 Å². The summed E-state index contributed by atoms with van der Waals surface area (Å²) in [6, 6.07) is 4.40. The highest BCUT2D eigenvalue weighted by Crippen LogP contribution is 2.22. The third kappa shape index (κ3) is 7.48. The van der Waals surface area contributed by atoms with Crippen LogP contribution in [-0.2, 0) is 16.1 Å². The van der Waals surface area contributed by atoms with E-state index < -0.39 is 18.7 Å². The number of halogens is 2. The molecular weight excluding hydrogens is 498 g/mol. The second kappa shape index (κ2) is 12.8. The fraction of sp³-hybridized carbons (Fsp3) is 0.577. The molecule has 1 aromatic carbocycles. The SMILES string of the molecule is Cc1nc2n(n1)CCN(C(=O)c1ccc(OC(F)F)cc1)CCCC(=O)N(C)[C@@H](C)C(=O)N[C@@H]2CC(C)C. The molecule has 1 N–H and O–H groups in total. The zero-order chi connectivity index (χ0) is 28.0. The van der Waals surface area contributed by atoms with Crippen LogP contribution in [0.1, 0.15) is 68.1 Å². The number of nitrogens with zero attached hydrogens (tertiary/aromatic N) is 5. The highest BCUT2D eigenvalue weighted by Gasteiger charge is 2.29. The van der Waals surface area contributed by atoms with Gasteiger partial charge in [0.25, 0.3) is 5.91 Å². The number of alkyl halides is 2. The molecule has 12 heteroatoms. The summed E-state index contributed by atoms with van der Waals surface area (Å²) in [7, 11) is 1.59. The van der Waals surface area contributed by atoms with E-state index in [1.165, 1.54) is 29.2 Å². The van der Waals surface area contributed by atoms with Gasteiger partial charge in [-0.25, -0.2) is 9.67 Å². The van der Waals surface area contributed by atoms with Gasteiger partial charge in [-0.15, -0.1) is 0 Å². The molecule has 0 saturated carbocycles. The molecule has 0 fully saturated rings. The first-order valence-electron chi connectivity index (χ1n) is 12.8. The zero-order valence-corrected chi connectivity index (χ0v) is 22.5. The van der Waals surface area contributed by atoms with Gasteiger partial charge in [-0.05, 0) is 56.9 Å². The molecule has 208 valence electrons. The van der Waals surface area contributed by atoms with Crippen LogP contribution >= 0.6 is 0 Å². The Morgan fingerprint density at radius 3 is 2.47 bits per heavy atom. The minimum absolute atomic E-state index is 0.0405. The number of aryl methyl sites for hydroxylation is 1. The molecule has 0 bridgehead atoms. The van der Waals surface area contributed by atoms with Crippen molar-refractivity contribution in [2.75, 3.05) is 20.1 Å². The highest BCUT2D eigenvalue weighted by molar-refractivity contribution is 5.94. The number of carbonyl (C=O) groups excluding carboxylic acids is 3. The maximum absolute atomic E-state index is 13.4. The average Bonchev–Trinajstić information content (AvgIpc) is 3.23. The van der Waals surface area contributed by atoms with E-state index in [-0.39, 0.29) is 48.9 Å². The van der Waals surface area contributed by atoms with Crippen LogP contribution in [0.2, 0.25) is 0 Å². The summed E-state index contributed by atoms with van der Waals surface area (Å²) in [6.45, 7) is 5.46. The minimum Gasteiger partial charge on any atom is -0.435 e. The molecule has 10 nitrogen and oxygen atoms in total. The molecule has 0 unspecified atom stereocenters. The highest BCUT2D eigenvalue weighted by atomic mass is 19.3. The fourth-order valence-electron chi connectivity index (χ4n) is 4.37. The van der Waals surface area contributed by atoms with Gasteiger partial charge in [0.05, 0.1) is 12.6 Å². The molecule has 0 radical (unpaired) electrons. The molecule has 2 aromatic rings. The van der Waals surface area contributed by atoms with Crippen molar-refractivity contribution in [3.8, 4) is 5.75 Å². The Morgan fingerprint density at radius 2 is 1.84 bits per heavy atom. The lowest BCUT2D eigenvalue weighted by molar-refractivity contribution is -0.138. The van der Waals surface area contributed by atoms with Gasteiger partial charge in [0.15, 0.2) is 0 Å². The van der Waals surface area contributed by atoms with Crippen LogP contribution < -0.4 is 10.1 Å². The molecule has 3 amide bonds. The minimum atomic E-state index is -2.96. The van der Waals surface area contributed by atoms with Crippen molar-refractivity contribution in [1.82, 2.24) is 29.9 Å². The Morgan fingerprint density at radius 1 is 1.16 bits per heavy atom. The lowest BCUT2D eigenvalue weighted by Gasteiger charge is -2.29. The summed E-state index contributed by atoms with van der Waals surface area (Å²) >= 11 is 0. The molecule has 1 aliphatic heterocycles. The fourth-order valence-corrected chi connectivity index (χ4v) is 4.37. The predicted molar refractivity (Wildman–Crippen MR) is 136 cm³/mol. The van der Waals surface area contributed by atoms with Crippen LogP contribution in [0.4, 0.5) is 8.78 Å². The van der Waals surface area contributed by atoms with Crippen LogP contribution in [0.3, 0.4) is 0 Å². The lowest BCUT2D eigenvalue weighted by Crippen LogP contribution is -2.47. The van der Waals surface area contributed by atoms with E-state index in [4.69, 9.17) is 0 Å². The normalized spacial score (nSPS) is 19.8. The molecule has 2 atom stereocenters. The number of ether oxygens (including phenoxy) is 1. The predicted octanol–water partition coefficient (Wildman–Crippen LogP) is 3.17. The summed E-state index contributed by atoms with van der Waals surface area (Å²) in [6.07, 6.45) is 1.15. The largest absolute Gasteiger partial charge is 0.435 e. The zero-order valence-electron chi connectivity index (χ0n) is 22.5. The maximum Gasteiger partial charge on any atom is 0.387 e. The van der Waals surface area contributed by atoms with Gasteiger partial charge in [-0.2, -0.15) is 13.9 Å². The number of hydrogen-bond donors (Lipinski definition) is 1. The third-order valence-electron chi connectivity index (χ3n) is 6.51. The van der Waals surface area contributed by atoms with Crippen LogP contribution in [0.25, 0.3) is 0 Å². The van der Waals surface area contributed by atoms with Crippen molar-refractivity contribution in [2.24, 2.45) is 5.92 Å². The van der Waals surface area contributed by atoms with Crippen LogP contribution in [0, 0.1) is 12.8 Å². The second-order valence-electron chi connectivity index (χ2n) is 9.91. The summed E-state index contributed by atoms with van der Waals surface area (Å²) in [5.74, 6) is 0.552. The molecule has 1 aromatic heterocycles. The Bertz CT molecular complexity index is 1120. The molecule has 3 rings (SSSR count). The van der Waals surface area contributed by atoms with Crippen molar-refractivity contribution in [2.45, 2.75) is 72.2 Å². The first-order chi connectivity index (χ1) is 18.0. The van der Waals surface area contributed by atoms with Gasteiger partial charge in [-0.1, -0.05) is 13.8 Å². The smallest absolute Gasteiger partial charge is 0.387 e. The molecule has 1 aliphatic rings. The van der Waals surface area contributed by atoms with E-state index in [1.54, 1.807) is 30.5 Å². The summed E-state index contributed by atoms with van der Waals surface area (Å²) in [5.41, 5.74) is 0.310. The van der Waals surface area contributed by atoms with Crippen molar-refractivity contribution in [3.63, 3.8) is 0 Å². The lowest BCUT2D eigenvalue weighted by atomic mass is 10.0. The van der Waals surface area contributed by atoms with Gasteiger partial charge >= 0.3 is 6.61 Å². The number of amides is 3. The molecule has 38 heavy (non-hydrogen) atoms. The topological polar surface area (TPSA) is 110 Å². The first-order valence-corrected chi connectivity index (χ1v) is 12.8. The van der Waals surface area contributed by atoms with Crippen molar-refractivity contribution in [3.05, 3.63) is 41.5 Å². The van der Waals surface area contributed by atoms with E-state index in [0.717, 1.165) is 0 Å². The summed E-state index contributed by atoms with van der Waals surface area (Å²) in [5, 5.41) is 7.57. The number of fused-ring (bicyclic) bond motifs is 1. The Hall–Kier alpha value is -3.57. The van der Waals surface area contributed by atoms with Crippen LogP contribution in [0.15, 0.2) is 24.3 Å². The van der Waals surface area contributed by atoms with E-state index >= 15 is 0 Å². The van der Waals surface area contributed by atoms with Crippen molar-refractivity contribution in [1.29, 1.82) is 0 Å². The molecule has 0 spiro atoms. The molecule has 0 saturated heterocycles. The van der Waals surface area contributed by atoms with Crippen molar-refractivity contribution >= 4 is 17.7 Å². The van der Waals surface area contributed by atoms with Crippen LogP contribution in [0.5, 0.6) is 5.75 Å². The van der Waals surface area contributed by atoms with Gasteiger partial charge in [-0.3, -0.25) is 14.4 Å². The van der Waals surface area contributed by atoms with E-state index in [1.807, 2.05) is 13.8 Å². The number of likely N-dealkylation sites (N-methyl/N-ethyl adjacent to an activating group) is 1. The van der Waals surface area contributed by atoms with Gasteiger partial charge < -0.3 is 19.9 Å². The quantitative estimate of drug-likeness (QED) is 0.631. The Kier molecular flexibility index (Phi) is 9.76. The molecular formula is C26H36F2N6O4. The van der Waals surface area contributed by atoms with Gasteiger partial charge in [0.1, 0.15) is 23.4 Å². The van der Waals surface area contributed by atoms with Gasteiger partial charge in [0.2, 0.25) is 11.8 Å². The van der Waals surface area contributed by atoms with Crippen LogP contribution in [-0.4, -0.2) is 75.1 Å². The first kappa shape index (κ1) is 29.0. The number of carbonyl (C=O) groups is 3. The number of rotatable bonds is 5. The second-order valence-corrected chi connectivity index (χ2v) is 9.91. The van der Waals surface area contributed by atoms with E-state index in [2.05, 4.69) is 20.1 Å². The average molecular weight is 535 g/mol. The summed E-state index contributed by atoms with van der Waals surface area (Å²) < 4.78 is 31.1. The Labute approximate surface area is 221 Å². The number of hydrogen-bond acceptors (Lipinski definition) is 6. The Balaban J connectivity index is 1.92. The maximum atomic E-state index is 13.4. The molecule has 0 aliphatic carbocycles. The summed E-state index contributed by atoms with van der Waals surface area (Å²) in [4.78, 5) is 46.9.